The minimum Gasteiger partial charge on any atom is -0.358 e. The Balaban J connectivity index is -0.000000245. The van der Waals surface area contributed by atoms with Crippen LogP contribution in [0.1, 0.15) is 64.7 Å². The molecule has 2 heteroatoms. The molecular weight excluding hydrogens is 262 g/mol. The predicted octanol–water partition coefficient (Wildman–Crippen LogP) is 4.98. The third-order valence-corrected chi connectivity index (χ3v) is 4.15. The molecule has 0 aromatic rings. The van der Waals surface area contributed by atoms with Crippen LogP contribution in [0.3, 0.4) is 0 Å². The van der Waals surface area contributed by atoms with Gasteiger partial charge in [0.25, 0.3) is 0 Å². The summed E-state index contributed by atoms with van der Waals surface area (Å²) >= 11 is 0. The first-order chi connectivity index (χ1) is 7.22. The summed E-state index contributed by atoms with van der Waals surface area (Å²) in [6.07, 6.45) is 13.3. The molecule has 0 N–H and O–H groups in total. The molecule has 0 unspecified atom stereocenters. The molecule has 2 aliphatic carbocycles. The zero-order valence-corrected chi connectivity index (χ0v) is 14.4. The molecule has 1 atom stereocenters. The molecule has 2 fully saturated rings. The van der Waals surface area contributed by atoms with Crippen LogP contribution in [0, 0.1) is 20.8 Å². The van der Waals surface area contributed by atoms with Gasteiger partial charge in [0.2, 0.25) is 0 Å². The third kappa shape index (κ3) is 9.41. The molecule has 0 amide bonds. The second kappa shape index (κ2) is 13.9. The first-order valence-electron chi connectivity index (χ1n) is 6.88. The maximum atomic E-state index is 2.34. The first kappa shape index (κ1) is 23.6. The Morgan fingerprint density at radius 2 is 1.11 bits per heavy atom. The molecule has 0 aliphatic heterocycles. The second-order valence-corrected chi connectivity index (χ2v) is 5.52. The topological polar surface area (TPSA) is 3.24 Å². The fraction of sp³-hybridized carbons (Fsp3) is 0.875. The van der Waals surface area contributed by atoms with E-state index in [1.165, 1.54) is 57.8 Å². The SMILES string of the molecule is C1CCCC1.C[C@H](C1CCCC1)N(C)C.[CH3-].[CH3-].[Fe+2]. The molecule has 1 nitrogen and oxygen atoms in total. The van der Waals surface area contributed by atoms with Crippen LogP contribution in [0.5, 0.6) is 0 Å². The van der Waals surface area contributed by atoms with Crippen LogP contribution in [0.25, 0.3) is 0 Å². The zero-order valence-electron chi connectivity index (χ0n) is 13.3. The van der Waals surface area contributed by atoms with Crippen molar-refractivity contribution in [2.45, 2.75) is 70.8 Å². The molecule has 0 bridgehead atoms. The van der Waals surface area contributed by atoms with Gasteiger partial charge in [-0.1, -0.05) is 44.9 Å². The number of hydrogen-bond donors (Lipinski definition) is 0. The van der Waals surface area contributed by atoms with Crippen molar-refractivity contribution in [3.8, 4) is 0 Å². The fourth-order valence-electron chi connectivity index (χ4n) is 2.75. The maximum Gasteiger partial charge on any atom is 2.00 e. The van der Waals surface area contributed by atoms with Crippen LogP contribution in [0.2, 0.25) is 0 Å². The van der Waals surface area contributed by atoms with E-state index in [1.54, 1.807) is 0 Å². The largest absolute Gasteiger partial charge is 2.00 e. The average molecular weight is 297 g/mol. The van der Waals surface area contributed by atoms with Crippen LogP contribution >= 0.6 is 0 Å². The summed E-state index contributed by atoms with van der Waals surface area (Å²) < 4.78 is 0. The van der Waals surface area contributed by atoms with Gasteiger partial charge < -0.3 is 19.8 Å². The first-order valence-corrected chi connectivity index (χ1v) is 6.88. The van der Waals surface area contributed by atoms with Crippen molar-refractivity contribution in [2.24, 2.45) is 5.92 Å². The van der Waals surface area contributed by atoms with E-state index in [1.807, 2.05) is 0 Å². The van der Waals surface area contributed by atoms with Crippen molar-refractivity contribution >= 4 is 0 Å². The van der Waals surface area contributed by atoms with Gasteiger partial charge in [-0.05, 0) is 39.8 Å². The van der Waals surface area contributed by atoms with Crippen molar-refractivity contribution in [3.05, 3.63) is 14.9 Å². The molecule has 0 aromatic carbocycles. The van der Waals surface area contributed by atoms with Crippen molar-refractivity contribution in [3.63, 3.8) is 0 Å². The van der Waals surface area contributed by atoms with Crippen LogP contribution in [0.4, 0.5) is 0 Å². The monoisotopic (exact) mass is 297 g/mol. The molecule has 2 aliphatic rings. The summed E-state index contributed by atoms with van der Waals surface area (Å²) in [6, 6.07) is 0.794. The van der Waals surface area contributed by atoms with E-state index in [0.29, 0.717) is 0 Å². The number of nitrogens with zero attached hydrogens (tertiary/aromatic N) is 1. The molecule has 112 valence electrons. The van der Waals surface area contributed by atoms with Gasteiger partial charge in [0.1, 0.15) is 0 Å². The summed E-state index contributed by atoms with van der Waals surface area (Å²) in [7, 11) is 4.37. The van der Waals surface area contributed by atoms with Crippen molar-refractivity contribution in [2.75, 3.05) is 14.1 Å². The Labute approximate surface area is 128 Å². The second-order valence-electron chi connectivity index (χ2n) is 5.52. The van der Waals surface area contributed by atoms with Gasteiger partial charge in [-0.15, -0.1) is 0 Å². The van der Waals surface area contributed by atoms with Gasteiger partial charge in [-0.25, -0.2) is 0 Å². The van der Waals surface area contributed by atoms with Gasteiger partial charge in [-0.2, -0.15) is 0 Å². The van der Waals surface area contributed by atoms with Crippen LogP contribution in [-0.4, -0.2) is 25.0 Å². The summed E-state index contributed by atoms with van der Waals surface area (Å²) in [5, 5.41) is 0. The van der Waals surface area contributed by atoms with Gasteiger partial charge in [0.15, 0.2) is 0 Å². The van der Waals surface area contributed by atoms with E-state index >= 15 is 0 Å². The molecule has 0 heterocycles. The van der Waals surface area contributed by atoms with Gasteiger partial charge in [-0.3, -0.25) is 0 Å². The average Bonchev–Trinajstić information content (AvgIpc) is 2.92. The van der Waals surface area contributed by atoms with E-state index in [4.69, 9.17) is 0 Å². The fourth-order valence-corrected chi connectivity index (χ4v) is 2.75. The van der Waals surface area contributed by atoms with E-state index in [9.17, 15) is 0 Å². The molecule has 2 saturated carbocycles. The molecule has 0 radical (unpaired) electrons. The predicted molar refractivity (Wildman–Crippen MR) is 81.0 cm³/mol. The number of hydrogen-bond acceptors (Lipinski definition) is 1. The quantitative estimate of drug-likeness (QED) is 0.513. The van der Waals surface area contributed by atoms with E-state index in [-0.39, 0.29) is 31.9 Å². The Kier molecular flexibility index (Phi) is 18.2. The van der Waals surface area contributed by atoms with Crippen LogP contribution in [-0.2, 0) is 17.1 Å². The van der Waals surface area contributed by atoms with Crippen molar-refractivity contribution in [1.82, 2.24) is 4.90 Å². The Bertz CT molecular complexity index is 142. The maximum absolute atomic E-state index is 2.34. The van der Waals surface area contributed by atoms with E-state index in [2.05, 4.69) is 25.9 Å². The standard InChI is InChI=1S/C9H19N.C5H10.2CH3.Fe/c1-8(10(2)3)9-6-4-5-7-9;1-2-4-5-3-1;;;/h8-9H,4-7H2,1-3H3;1-5H2;2*1H3;/q;;2*-1;+2/t8-;;;;/m1..../s1. The van der Waals surface area contributed by atoms with E-state index < -0.39 is 0 Å². The third-order valence-electron chi connectivity index (χ3n) is 4.15. The minimum absolute atomic E-state index is 0. The zero-order chi connectivity index (χ0) is 11.1. The normalized spacial score (nSPS) is 20.0. The molecule has 2 rings (SSSR count). The number of rotatable bonds is 2. The Morgan fingerprint density at radius 1 is 0.778 bits per heavy atom. The van der Waals surface area contributed by atoms with Crippen molar-refractivity contribution < 1.29 is 17.1 Å². The Hall–Kier alpha value is 0.479. The molecule has 0 aromatic heterocycles. The molecular formula is C16H35FeN. The summed E-state index contributed by atoms with van der Waals surface area (Å²) in [5.41, 5.74) is 0. The minimum atomic E-state index is 0. The smallest absolute Gasteiger partial charge is 0.358 e. The Morgan fingerprint density at radius 3 is 1.39 bits per heavy atom. The molecule has 0 saturated heterocycles. The molecule has 0 spiro atoms. The molecule has 18 heavy (non-hydrogen) atoms. The van der Waals surface area contributed by atoms with Crippen LogP contribution < -0.4 is 0 Å². The van der Waals surface area contributed by atoms with Crippen LogP contribution in [0.15, 0.2) is 0 Å². The van der Waals surface area contributed by atoms with E-state index in [0.717, 1.165) is 12.0 Å². The summed E-state index contributed by atoms with van der Waals surface area (Å²) in [6.45, 7) is 2.34. The summed E-state index contributed by atoms with van der Waals surface area (Å²) in [4.78, 5) is 2.34. The van der Waals surface area contributed by atoms with Gasteiger partial charge in [0.05, 0.1) is 0 Å². The van der Waals surface area contributed by atoms with Gasteiger partial charge >= 0.3 is 17.1 Å². The van der Waals surface area contributed by atoms with Crippen molar-refractivity contribution in [1.29, 1.82) is 0 Å². The van der Waals surface area contributed by atoms with Gasteiger partial charge in [0, 0.05) is 6.04 Å². The summed E-state index contributed by atoms with van der Waals surface area (Å²) in [5.74, 6) is 0.981.